The summed E-state index contributed by atoms with van der Waals surface area (Å²) in [6.07, 6.45) is 9.24. The van der Waals surface area contributed by atoms with E-state index in [-0.39, 0.29) is 0 Å². The highest BCUT2D eigenvalue weighted by molar-refractivity contribution is 6.32. The fourth-order valence-electron chi connectivity index (χ4n) is 6.73. The number of aromatic nitrogens is 4. The molecule has 4 heteroatoms. The normalized spacial score (nSPS) is 11.5. The molecule has 0 saturated heterocycles. The molecule has 4 nitrogen and oxygen atoms in total. The number of fused-ring (bicyclic) bond motifs is 8. The van der Waals surface area contributed by atoms with Crippen LogP contribution in [-0.2, 0) is 0 Å². The van der Waals surface area contributed by atoms with Crippen LogP contribution >= 0.6 is 0 Å². The summed E-state index contributed by atoms with van der Waals surface area (Å²) in [6.45, 7) is 0. The third kappa shape index (κ3) is 4.31. The molecule has 4 heterocycles. The molecule has 46 heavy (non-hydrogen) atoms. The van der Waals surface area contributed by atoms with Crippen molar-refractivity contribution in [2.24, 2.45) is 0 Å². The van der Waals surface area contributed by atoms with Gasteiger partial charge in [0.1, 0.15) is 0 Å². The molecule has 0 atom stereocenters. The lowest BCUT2D eigenvalue weighted by Gasteiger charge is -2.16. The Kier molecular flexibility index (Phi) is 6.10. The van der Waals surface area contributed by atoms with E-state index in [2.05, 4.69) is 131 Å². The van der Waals surface area contributed by atoms with Crippen molar-refractivity contribution in [3.05, 3.63) is 158 Å². The molecule has 9 rings (SSSR count). The average Bonchev–Trinajstić information content (AvgIpc) is 3.15. The van der Waals surface area contributed by atoms with Crippen molar-refractivity contribution in [3.8, 4) is 44.6 Å². The molecule has 0 radical (unpaired) electrons. The minimum Gasteiger partial charge on any atom is -0.265 e. The monoisotopic (exact) mass is 586 g/mol. The second-order valence-electron chi connectivity index (χ2n) is 11.5. The summed E-state index contributed by atoms with van der Waals surface area (Å²) in [6, 6.07) is 45.0. The van der Waals surface area contributed by atoms with Crippen molar-refractivity contribution in [1.82, 2.24) is 19.9 Å². The Morgan fingerprint density at radius 3 is 1.52 bits per heavy atom. The van der Waals surface area contributed by atoms with Crippen molar-refractivity contribution >= 4 is 43.4 Å². The first-order valence-electron chi connectivity index (χ1n) is 15.4. The zero-order valence-corrected chi connectivity index (χ0v) is 24.8. The Bertz CT molecular complexity index is 2500. The second kappa shape index (κ2) is 10.7. The van der Waals surface area contributed by atoms with Crippen molar-refractivity contribution in [1.29, 1.82) is 0 Å². The molecule has 0 amide bonds. The number of rotatable bonds is 4. The molecular weight excluding hydrogens is 560 g/mol. The molecular formula is C42H26N4. The molecule has 0 aliphatic heterocycles. The van der Waals surface area contributed by atoms with Gasteiger partial charge in [0, 0.05) is 63.5 Å². The van der Waals surface area contributed by atoms with Crippen LogP contribution in [0.5, 0.6) is 0 Å². The Balaban J connectivity index is 1.26. The molecule has 0 N–H and O–H groups in total. The van der Waals surface area contributed by atoms with Crippen LogP contribution < -0.4 is 0 Å². The molecule has 0 aliphatic carbocycles. The van der Waals surface area contributed by atoms with Crippen molar-refractivity contribution in [2.75, 3.05) is 0 Å². The summed E-state index contributed by atoms with van der Waals surface area (Å²) in [5.74, 6) is 0. The first kappa shape index (κ1) is 26.2. The van der Waals surface area contributed by atoms with E-state index < -0.39 is 0 Å². The maximum Gasteiger partial charge on any atom is 0.0794 e. The SMILES string of the molecule is c1ccc2c(c1)nc(-c1ccc(-c3cc(-c4ccncc4)cc(-c4ccncc4)c3)cc1)c1c3ccccc3c3ncccc3c21. The molecule has 5 aromatic carbocycles. The molecule has 9 aromatic rings. The van der Waals surface area contributed by atoms with Gasteiger partial charge < -0.3 is 0 Å². The molecule has 0 saturated carbocycles. The predicted octanol–water partition coefficient (Wildman–Crippen LogP) is 10.5. The molecule has 0 bridgehead atoms. The third-order valence-corrected chi connectivity index (χ3v) is 8.87. The number of benzene rings is 5. The van der Waals surface area contributed by atoms with E-state index in [1.807, 2.05) is 37.1 Å². The van der Waals surface area contributed by atoms with E-state index >= 15 is 0 Å². The lowest BCUT2D eigenvalue weighted by Crippen LogP contribution is -1.94. The van der Waals surface area contributed by atoms with Gasteiger partial charge in [-0.05, 0) is 93.4 Å². The molecule has 214 valence electrons. The largest absolute Gasteiger partial charge is 0.265 e. The smallest absolute Gasteiger partial charge is 0.0794 e. The van der Waals surface area contributed by atoms with Crippen LogP contribution in [-0.4, -0.2) is 19.9 Å². The quantitative estimate of drug-likeness (QED) is 0.193. The van der Waals surface area contributed by atoms with Crippen molar-refractivity contribution in [2.45, 2.75) is 0 Å². The zero-order chi connectivity index (χ0) is 30.5. The number of hydrogen-bond donors (Lipinski definition) is 0. The van der Waals surface area contributed by atoms with Gasteiger partial charge in [0.05, 0.1) is 16.7 Å². The van der Waals surface area contributed by atoms with Gasteiger partial charge in [0.25, 0.3) is 0 Å². The summed E-state index contributed by atoms with van der Waals surface area (Å²) >= 11 is 0. The van der Waals surface area contributed by atoms with Gasteiger partial charge >= 0.3 is 0 Å². The van der Waals surface area contributed by atoms with Crippen LogP contribution in [0.25, 0.3) is 88.0 Å². The van der Waals surface area contributed by atoms with Crippen LogP contribution in [0.2, 0.25) is 0 Å². The lowest BCUT2D eigenvalue weighted by molar-refractivity contribution is 1.33. The first-order chi connectivity index (χ1) is 22.8. The van der Waals surface area contributed by atoms with Gasteiger partial charge in [0.15, 0.2) is 0 Å². The van der Waals surface area contributed by atoms with Crippen LogP contribution in [0.1, 0.15) is 0 Å². The van der Waals surface area contributed by atoms with E-state index in [1.54, 1.807) is 0 Å². The van der Waals surface area contributed by atoms with Crippen LogP contribution in [0.4, 0.5) is 0 Å². The molecule has 0 fully saturated rings. The topological polar surface area (TPSA) is 51.6 Å². The summed E-state index contributed by atoms with van der Waals surface area (Å²) in [7, 11) is 0. The fraction of sp³-hybridized carbons (Fsp3) is 0. The molecule has 0 spiro atoms. The Hall–Kier alpha value is -6.26. The fourth-order valence-corrected chi connectivity index (χ4v) is 6.73. The lowest BCUT2D eigenvalue weighted by atomic mass is 9.90. The van der Waals surface area contributed by atoms with Gasteiger partial charge in [-0.3, -0.25) is 15.0 Å². The van der Waals surface area contributed by atoms with Gasteiger partial charge in [-0.1, -0.05) is 72.8 Å². The van der Waals surface area contributed by atoms with E-state index in [9.17, 15) is 0 Å². The van der Waals surface area contributed by atoms with Gasteiger partial charge in [-0.2, -0.15) is 0 Å². The minimum absolute atomic E-state index is 0.974. The third-order valence-electron chi connectivity index (χ3n) is 8.87. The van der Waals surface area contributed by atoms with E-state index in [0.717, 1.165) is 82.6 Å². The van der Waals surface area contributed by atoms with Crippen LogP contribution in [0.15, 0.2) is 158 Å². The van der Waals surface area contributed by atoms with Gasteiger partial charge in [-0.15, -0.1) is 0 Å². The maximum absolute atomic E-state index is 5.31. The van der Waals surface area contributed by atoms with Gasteiger partial charge in [0.2, 0.25) is 0 Å². The summed E-state index contributed by atoms with van der Waals surface area (Å²) in [4.78, 5) is 18.6. The summed E-state index contributed by atoms with van der Waals surface area (Å²) < 4.78 is 0. The van der Waals surface area contributed by atoms with E-state index in [1.165, 1.54) is 5.39 Å². The zero-order valence-electron chi connectivity index (χ0n) is 24.8. The average molecular weight is 587 g/mol. The standard InChI is InChI=1S/C42H26N4/c1-2-7-35-34(6-1)40-39(37-9-5-19-45-42(35)37)36-8-3-4-10-38(36)46-41(40)30-13-11-27(12-14-30)31-24-32(28-15-20-43-21-16-28)26-33(25-31)29-17-22-44-23-18-29/h1-26H. The number of para-hydroxylation sites is 1. The number of hydrogen-bond acceptors (Lipinski definition) is 4. The van der Waals surface area contributed by atoms with Crippen molar-refractivity contribution in [3.63, 3.8) is 0 Å². The number of nitrogens with zero attached hydrogens (tertiary/aromatic N) is 4. The highest BCUT2D eigenvalue weighted by Gasteiger charge is 2.18. The highest BCUT2D eigenvalue weighted by atomic mass is 14.7. The second-order valence-corrected chi connectivity index (χ2v) is 11.5. The first-order valence-corrected chi connectivity index (χ1v) is 15.4. The Morgan fingerprint density at radius 2 is 0.870 bits per heavy atom. The summed E-state index contributed by atoms with van der Waals surface area (Å²) in [5.41, 5.74) is 10.9. The number of pyridine rings is 4. The van der Waals surface area contributed by atoms with E-state index in [0.29, 0.717) is 0 Å². The van der Waals surface area contributed by atoms with Gasteiger partial charge in [-0.25, -0.2) is 4.98 Å². The Morgan fingerprint density at radius 1 is 0.348 bits per heavy atom. The molecule has 0 aliphatic rings. The maximum atomic E-state index is 5.31. The minimum atomic E-state index is 0.974. The van der Waals surface area contributed by atoms with Crippen LogP contribution in [0, 0.1) is 0 Å². The van der Waals surface area contributed by atoms with E-state index in [4.69, 9.17) is 9.97 Å². The van der Waals surface area contributed by atoms with Crippen LogP contribution in [0.3, 0.4) is 0 Å². The molecule has 4 aromatic heterocycles. The Labute approximate surface area is 265 Å². The summed E-state index contributed by atoms with van der Waals surface area (Å²) in [5, 5.41) is 6.92. The molecule has 0 unspecified atom stereocenters. The highest BCUT2D eigenvalue weighted by Crippen LogP contribution is 2.42. The van der Waals surface area contributed by atoms with Crippen molar-refractivity contribution < 1.29 is 0 Å². The predicted molar refractivity (Wildman–Crippen MR) is 189 cm³/mol.